The molecule has 0 saturated heterocycles. The van der Waals surface area contributed by atoms with Crippen molar-refractivity contribution in [1.29, 1.82) is 0 Å². The van der Waals surface area contributed by atoms with E-state index in [0.717, 1.165) is 17.3 Å². The van der Waals surface area contributed by atoms with E-state index < -0.39 is 0 Å². The summed E-state index contributed by atoms with van der Waals surface area (Å²) in [6, 6.07) is 5.70. The first kappa shape index (κ1) is 13.4. The molecule has 2 aromatic rings. The highest BCUT2D eigenvalue weighted by Gasteiger charge is 2.21. The number of carbonyl (C=O) groups excluding carboxylic acids is 1. The van der Waals surface area contributed by atoms with Gasteiger partial charge in [-0.05, 0) is 65.4 Å². The Morgan fingerprint density at radius 3 is 2.95 bits per heavy atom. The normalized spacial score (nSPS) is 13.9. The summed E-state index contributed by atoms with van der Waals surface area (Å²) in [5.74, 6) is 0.573. The Bertz CT molecular complexity index is 627. The van der Waals surface area contributed by atoms with Gasteiger partial charge in [0.2, 0.25) is 0 Å². The van der Waals surface area contributed by atoms with Gasteiger partial charge in [-0.3, -0.25) is 9.69 Å². The summed E-state index contributed by atoms with van der Waals surface area (Å²) in [7, 11) is 1.75. The van der Waals surface area contributed by atoms with Crippen molar-refractivity contribution in [1.82, 2.24) is 9.97 Å². The number of nitrogens with zero attached hydrogens (tertiary/aromatic N) is 2. The van der Waals surface area contributed by atoms with Gasteiger partial charge in [0.05, 0.1) is 4.47 Å². The van der Waals surface area contributed by atoms with Gasteiger partial charge in [-0.1, -0.05) is 0 Å². The number of nitrogens with one attached hydrogen (secondary N) is 1. The molecule has 3 rings (SSSR count). The number of hydrogen-bond donors (Lipinski definition) is 1. The number of rotatable bonds is 2. The van der Waals surface area contributed by atoms with Crippen LogP contribution in [0.5, 0.6) is 0 Å². The van der Waals surface area contributed by atoms with Gasteiger partial charge in [-0.2, -0.15) is 0 Å². The lowest BCUT2D eigenvalue weighted by molar-refractivity contribution is 0.0988. The van der Waals surface area contributed by atoms with E-state index in [1.54, 1.807) is 18.1 Å². The monoisotopic (exact) mass is 333 g/mol. The first-order valence-electron chi connectivity index (χ1n) is 6.76. The van der Waals surface area contributed by atoms with Crippen molar-refractivity contribution < 1.29 is 4.79 Å². The van der Waals surface area contributed by atoms with E-state index in [1.807, 2.05) is 18.2 Å². The Morgan fingerprint density at radius 1 is 1.40 bits per heavy atom. The summed E-state index contributed by atoms with van der Waals surface area (Å²) in [5, 5.41) is 0. The van der Waals surface area contributed by atoms with Crippen LogP contribution in [-0.4, -0.2) is 22.9 Å². The van der Waals surface area contributed by atoms with Gasteiger partial charge in [-0.25, -0.2) is 4.98 Å². The van der Waals surface area contributed by atoms with E-state index in [1.165, 1.54) is 24.1 Å². The van der Waals surface area contributed by atoms with Crippen LogP contribution in [0.25, 0.3) is 0 Å². The Morgan fingerprint density at radius 2 is 2.20 bits per heavy atom. The second kappa shape index (κ2) is 5.40. The zero-order valence-corrected chi connectivity index (χ0v) is 12.9. The number of amides is 1. The van der Waals surface area contributed by atoms with Crippen molar-refractivity contribution in [3.8, 4) is 0 Å². The summed E-state index contributed by atoms with van der Waals surface area (Å²) >= 11 is 3.43. The molecule has 0 unspecified atom stereocenters. The average Bonchev–Trinajstić information content (AvgIpc) is 2.90. The molecule has 20 heavy (non-hydrogen) atoms. The van der Waals surface area contributed by atoms with E-state index in [0.29, 0.717) is 11.5 Å². The molecule has 0 fully saturated rings. The summed E-state index contributed by atoms with van der Waals surface area (Å²) < 4.78 is 0.812. The van der Waals surface area contributed by atoms with Crippen LogP contribution in [0.1, 0.15) is 34.6 Å². The molecule has 2 heterocycles. The molecule has 1 aliphatic rings. The van der Waals surface area contributed by atoms with Crippen molar-refractivity contribution >= 4 is 27.7 Å². The fourth-order valence-corrected chi connectivity index (χ4v) is 3.14. The quantitative estimate of drug-likeness (QED) is 0.916. The van der Waals surface area contributed by atoms with Crippen LogP contribution in [0.15, 0.2) is 28.9 Å². The maximum absolute atomic E-state index is 12.5. The minimum absolute atomic E-state index is 0.0567. The van der Waals surface area contributed by atoms with E-state index in [4.69, 9.17) is 0 Å². The first-order valence-corrected chi connectivity index (χ1v) is 7.55. The van der Waals surface area contributed by atoms with Crippen molar-refractivity contribution in [3.05, 3.63) is 45.8 Å². The Hall–Kier alpha value is -1.62. The van der Waals surface area contributed by atoms with Crippen molar-refractivity contribution in [2.45, 2.75) is 25.7 Å². The van der Waals surface area contributed by atoms with Crippen molar-refractivity contribution in [2.24, 2.45) is 0 Å². The van der Waals surface area contributed by atoms with Gasteiger partial charge in [0.15, 0.2) is 0 Å². The summed E-state index contributed by atoms with van der Waals surface area (Å²) in [6.45, 7) is 0. The molecule has 5 heteroatoms. The van der Waals surface area contributed by atoms with Gasteiger partial charge in [0, 0.05) is 18.9 Å². The Kier molecular flexibility index (Phi) is 3.61. The molecule has 0 aromatic carbocycles. The zero-order chi connectivity index (χ0) is 14.1. The third-order valence-electron chi connectivity index (χ3n) is 3.71. The van der Waals surface area contributed by atoms with Crippen LogP contribution in [0.3, 0.4) is 0 Å². The first-order chi connectivity index (χ1) is 9.66. The number of aromatic nitrogens is 2. The molecule has 0 spiro atoms. The third-order valence-corrected chi connectivity index (χ3v) is 4.33. The van der Waals surface area contributed by atoms with E-state index in [-0.39, 0.29) is 5.91 Å². The fourth-order valence-electron chi connectivity index (χ4n) is 2.62. The Labute approximate surface area is 126 Å². The molecule has 1 amide bonds. The topological polar surface area (TPSA) is 49.0 Å². The Balaban J connectivity index is 1.89. The van der Waals surface area contributed by atoms with Gasteiger partial charge >= 0.3 is 0 Å². The van der Waals surface area contributed by atoms with Crippen LogP contribution < -0.4 is 4.90 Å². The summed E-state index contributed by atoms with van der Waals surface area (Å²) in [4.78, 5) is 21.6. The highest BCUT2D eigenvalue weighted by molar-refractivity contribution is 9.10. The molecule has 2 aromatic heterocycles. The lowest BCUT2D eigenvalue weighted by Crippen LogP contribution is -2.27. The van der Waals surface area contributed by atoms with Crippen molar-refractivity contribution in [2.75, 3.05) is 11.9 Å². The standard InChI is InChI=1S/C15H16BrN3O/c1-19(14-11(16)6-4-8-17-14)15(20)13-9-10-5-2-3-7-12(10)18-13/h4,6,8-9,18H,2-3,5,7H2,1H3. The molecule has 0 saturated carbocycles. The minimum atomic E-state index is -0.0567. The van der Waals surface area contributed by atoms with Gasteiger partial charge in [-0.15, -0.1) is 0 Å². The number of aryl methyl sites for hydroxylation is 2. The van der Waals surface area contributed by atoms with Gasteiger partial charge in [0.25, 0.3) is 5.91 Å². The molecule has 1 N–H and O–H groups in total. The van der Waals surface area contributed by atoms with E-state index in [2.05, 4.69) is 25.9 Å². The van der Waals surface area contributed by atoms with Crippen LogP contribution in [0.4, 0.5) is 5.82 Å². The largest absolute Gasteiger partial charge is 0.354 e. The number of H-pyrrole nitrogens is 1. The molecule has 0 bridgehead atoms. The van der Waals surface area contributed by atoms with Gasteiger partial charge < -0.3 is 4.98 Å². The molecule has 0 aliphatic heterocycles. The maximum Gasteiger partial charge on any atom is 0.275 e. The van der Waals surface area contributed by atoms with Crippen molar-refractivity contribution in [3.63, 3.8) is 0 Å². The third kappa shape index (κ3) is 2.38. The number of carbonyl (C=O) groups is 1. The summed E-state index contributed by atoms with van der Waals surface area (Å²) in [6.07, 6.45) is 6.20. The molecular weight excluding hydrogens is 318 g/mol. The highest BCUT2D eigenvalue weighted by Crippen LogP contribution is 2.25. The van der Waals surface area contributed by atoms with Gasteiger partial charge in [0.1, 0.15) is 11.5 Å². The van der Waals surface area contributed by atoms with Crippen LogP contribution in [0, 0.1) is 0 Å². The number of halogens is 1. The summed E-state index contributed by atoms with van der Waals surface area (Å²) in [5.41, 5.74) is 3.15. The molecule has 0 radical (unpaired) electrons. The zero-order valence-electron chi connectivity index (χ0n) is 11.3. The SMILES string of the molecule is CN(C(=O)c1cc2c([nH]1)CCCC2)c1ncccc1Br. The fraction of sp³-hybridized carbons (Fsp3) is 0.333. The number of aromatic amines is 1. The minimum Gasteiger partial charge on any atom is -0.354 e. The average molecular weight is 334 g/mol. The van der Waals surface area contributed by atoms with E-state index >= 15 is 0 Å². The smallest absolute Gasteiger partial charge is 0.275 e. The number of pyridine rings is 1. The second-order valence-corrected chi connectivity index (χ2v) is 5.92. The van der Waals surface area contributed by atoms with Crippen LogP contribution >= 0.6 is 15.9 Å². The predicted octanol–water partition coefficient (Wildman–Crippen LogP) is 3.33. The maximum atomic E-state index is 12.5. The lowest BCUT2D eigenvalue weighted by Gasteiger charge is -2.16. The molecule has 0 atom stereocenters. The second-order valence-electron chi connectivity index (χ2n) is 5.07. The highest BCUT2D eigenvalue weighted by atomic mass is 79.9. The van der Waals surface area contributed by atoms with E-state index in [9.17, 15) is 4.79 Å². The number of hydrogen-bond acceptors (Lipinski definition) is 2. The predicted molar refractivity (Wildman–Crippen MR) is 82.1 cm³/mol. The van der Waals surface area contributed by atoms with Crippen LogP contribution in [0.2, 0.25) is 0 Å². The number of fused-ring (bicyclic) bond motifs is 1. The molecule has 1 aliphatic carbocycles. The lowest BCUT2D eigenvalue weighted by atomic mass is 9.98. The van der Waals surface area contributed by atoms with Crippen LogP contribution in [-0.2, 0) is 12.8 Å². The molecular formula is C15H16BrN3O. The number of anilines is 1. The molecule has 4 nitrogen and oxygen atoms in total. The molecule has 104 valence electrons.